The highest BCUT2D eigenvalue weighted by Crippen LogP contribution is 2.38. The molecular weight excluding hydrogens is 493 g/mol. The second kappa shape index (κ2) is 10.9. The Morgan fingerprint density at radius 2 is 1.91 bits per heavy atom. The molecule has 1 N–H and O–H groups in total. The quantitative estimate of drug-likeness (QED) is 0.318. The maximum Gasteiger partial charge on any atom is 0.338 e. The van der Waals surface area contributed by atoms with E-state index in [1.54, 1.807) is 47.9 Å². The smallest absolute Gasteiger partial charge is 0.338 e. The van der Waals surface area contributed by atoms with E-state index in [0.717, 1.165) is 21.1 Å². The highest BCUT2D eigenvalue weighted by atomic mass is 35.5. The van der Waals surface area contributed by atoms with Gasteiger partial charge in [-0.1, -0.05) is 6.07 Å². The molecule has 0 spiro atoms. The van der Waals surface area contributed by atoms with E-state index >= 15 is 0 Å². The van der Waals surface area contributed by atoms with Crippen molar-refractivity contribution in [2.45, 2.75) is 32.2 Å². The van der Waals surface area contributed by atoms with Crippen LogP contribution in [0.5, 0.6) is 0 Å². The molecule has 1 aromatic heterocycles. The van der Waals surface area contributed by atoms with Crippen molar-refractivity contribution in [3.8, 4) is 11.1 Å². The van der Waals surface area contributed by atoms with Crippen LogP contribution in [0.25, 0.3) is 22.0 Å². The van der Waals surface area contributed by atoms with Gasteiger partial charge in [0.15, 0.2) is 0 Å². The van der Waals surface area contributed by atoms with Gasteiger partial charge in [-0.2, -0.15) is 0 Å². The normalized spacial score (nSPS) is 12.5. The van der Waals surface area contributed by atoms with Crippen molar-refractivity contribution in [1.82, 2.24) is 13.7 Å². The maximum absolute atomic E-state index is 14.7. The Labute approximate surface area is 210 Å². The molecule has 3 rings (SSSR count). The van der Waals surface area contributed by atoms with Gasteiger partial charge in [0, 0.05) is 42.8 Å². The fraction of sp³-hybridized carbons (Fsp3) is 0.320. The lowest BCUT2D eigenvalue weighted by Crippen LogP contribution is -2.22. The van der Waals surface area contributed by atoms with Crippen LogP contribution >= 0.6 is 11.8 Å². The number of nitrogens with zero attached hydrogens (tertiary/aromatic N) is 2. The van der Waals surface area contributed by atoms with Gasteiger partial charge in [-0.15, -0.1) is 0 Å². The average molecular weight is 522 g/mol. The van der Waals surface area contributed by atoms with Gasteiger partial charge in [-0.25, -0.2) is 26.7 Å². The molecule has 35 heavy (non-hydrogen) atoms. The van der Waals surface area contributed by atoms with E-state index < -0.39 is 16.0 Å². The van der Waals surface area contributed by atoms with Gasteiger partial charge in [0.2, 0.25) is 10.0 Å². The molecule has 0 aliphatic heterocycles. The van der Waals surface area contributed by atoms with Crippen molar-refractivity contribution < 1.29 is 22.3 Å². The summed E-state index contributed by atoms with van der Waals surface area (Å²) < 4.78 is 48.4. The number of esters is 1. The summed E-state index contributed by atoms with van der Waals surface area (Å²) in [5, 5.41) is 0.693. The topological polar surface area (TPSA) is 80.6 Å². The molecule has 0 aliphatic rings. The van der Waals surface area contributed by atoms with Crippen molar-refractivity contribution in [2.75, 3.05) is 27.2 Å². The summed E-state index contributed by atoms with van der Waals surface area (Å²) in [7, 11) is -0.729. The molecule has 0 radical (unpaired) electrons. The van der Waals surface area contributed by atoms with Crippen LogP contribution < -0.4 is 4.84 Å². The number of fused-ring (bicyclic) bond motifs is 1. The molecule has 0 saturated carbocycles. The van der Waals surface area contributed by atoms with Gasteiger partial charge in [-0.05, 0) is 80.1 Å². The average Bonchev–Trinajstić information content (AvgIpc) is 3.08. The van der Waals surface area contributed by atoms with Crippen LogP contribution in [0.2, 0.25) is 0 Å². The Bertz CT molecular complexity index is 1400. The first-order chi connectivity index (χ1) is 16.5. The first-order valence-electron chi connectivity index (χ1n) is 11.0. The molecule has 10 heteroatoms. The monoisotopic (exact) mass is 521 g/mol. The van der Waals surface area contributed by atoms with Crippen LogP contribution in [-0.2, 0) is 21.3 Å². The summed E-state index contributed by atoms with van der Waals surface area (Å²) in [6, 6.07) is 10.0. The van der Waals surface area contributed by atoms with E-state index in [9.17, 15) is 17.6 Å². The number of hydrogen-bond acceptors (Lipinski definition) is 5. The Hall–Kier alpha value is -2.72. The third kappa shape index (κ3) is 5.43. The van der Waals surface area contributed by atoms with E-state index in [4.69, 9.17) is 16.5 Å². The molecule has 0 aliphatic carbocycles. The van der Waals surface area contributed by atoms with Gasteiger partial charge in [-0.3, -0.25) is 0 Å². The van der Waals surface area contributed by atoms with Crippen LogP contribution in [0.1, 0.15) is 28.5 Å². The molecule has 2 aromatic carbocycles. The number of aryl methyl sites for hydroxylation is 1. The fourth-order valence-electron chi connectivity index (χ4n) is 3.97. The molecule has 0 amide bonds. The van der Waals surface area contributed by atoms with Crippen LogP contribution in [0.3, 0.4) is 0 Å². The number of rotatable bonds is 9. The van der Waals surface area contributed by atoms with Crippen LogP contribution in [0.15, 0.2) is 53.2 Å². The predicted molar refractivity (Wildman–Crippen MR) is 137 cm³/mol. The predicted octanol–water partition coefficient (Wildman–Crippen LogP) is 4.95. The third-order valence-electron chi connectivity index (χ3n) is 5.80. The van der Waals surface area contributed by atoms with Crippen LogP contribution in [0.4, 0.5) is 4.39 Å². The standard InChI is InChI=1S/C25H29ClFN3O4S/c1-6-34-25(31)18-8-10-23-22(13-18)24(17(3)30(23)15-19(27)11-12-28-26)21-14-20(9-7-16(21)2)35(32,33)29(4)5/h7-11,13-14,28H,6,12,15H2,1-5H3/b19-11-. The molecule has 188 valence electrons. The molecule has 7 nitrogen and oxygen atoms in total. The molecule has 0 fully saturated rings. The zero-order valence-corrected chi connectivity index (χ0v) is 21.9. The minimum Gasteiger partial charge on any atom is -0.462 e. The number of allylic oxidation sites excluding steroid dienone is 1. The van der Waals surface area contributed by atoms with Gasteiger partial charge >= 0.3 is 5.97 Å². The number of sulfonamides is 1. The summed E-state index contributed by atoms with van der Waals surface area (Å²) >= 11 is 5.46. The highest BCUT2D eigenvalue weighted by molar-refractivity contribution is 7.89. The lowest BCUT2D eigenvalue weighted by Gasteiger charge is -2.14. The minimum absolute atomic E-state index is 0.0472. The van der Waals surface area contributed by atoms with Gasteiger partial charge in [0.25, 0.3) is 0 Å². The van der Waals surface area contributed by atoms with E-state index in [-0.39, 0.29) is 30.4 Å². The Balaban J connectivity index is 2.33. The molecule has 1 heterocycles. The van der Waals surface area contributed by atoms with E-state index in [0.29, 0.717) is 22.0 Å². The van der Waals surface area contributed by atoms with Gasteiger partial charge in [0.05, 0.1) is 23.6 Å². The Morgan fingerprint density at radius 1 is 1.20 bits per heavy atom. The zero-order chi connectivity index (χ0) is 25.9. The van der Waals surface area contributed by atoms with Crippen molar-refractivity contribution in [1.29, 1.82) is 0 Å². The summed E-state index contributed by atoms with van der Waals surface area (Å²) in [5.41, 5.74) is 4.03. The van der Waals surface area contributed by atoms with Crippen LogP contribution in [0, 0.1) is 13.8 Å². The minimum atomic E-state index is -3.68. The lowest BCUT2D eigenvalue weighted by atomic mass is 9.97. The second-order valence-electron chi connectivity index (χ2n) is 8.25. The summed E-state index contributed by atoms with van der Waals surface area (Å²) in [5.74, 6) is -0.856. The Kier molecular flexibility index (Phi) is 8.38. The molecule has 0 bridgehead atoms. The number of benzene rings is 2. The summed E-state index contributed by atoms with van der Waals surface area (Å²) in [6.45, 7) is 5.81. The largest absolute Gasteiger partial charge is 0.462 e. The first-order valence-corrected chi connectivity index (χ1v) is 12.9. The van der Waals surface area contributed by atoms with Crippen molar-refractivity contribution in [3.63, 3.8) is 0 Å². The molecule has 3 aromatic rings. The van der Waals surface area contributed by atoms with Gasteiger partial charge < -0.3 is 9.30 Å². The number of halogens is 2. The van der Waals surface area contributed by atoms with Crippen molar-refractivity contribution in [3.05, 3.63) is 65.1 Å². The number of hydrogen-bond donors (Lipinski definition) is 1. The first kappa shape index (κ1) is 26.9. The lowest BCUT2D eigenvalue weighted by molar-refractivity contribution is 0.0526. The summed E-state index contributed by atoms with van der Waals surface area (Å²) in [6.07, 6.45) is 1.35. The number of ether oxygens (including phenoxy) is 1. The number of carbonyl (C=O) groups is 1. The number of nitrogens with one attached hydrogen (secondary N) is 1. The maximum atomic E-state index is 14.7. The van der Waals surface area contributed by atoms with E-state index in [1.807, 2.05) is 13.8 Å². The zero-order valence-electron chi connectivity index (χ0n) is 20.4. The van der Waals surface area contributed by atoms with Crippen molar-refractivity contribution >= 4 is 38.7 Å². The highest BCUT2D eigenvalue weighted by Gasteiger charge is 2.23. The molecule has 0 atom stereocenters. The van der Waals surface area contributed by atoms with Gasteiger partial charge in [0.1, 0.15) is 5.83 Å². The number of aromatic nitrogens is 1. The second-order valence-corrected chi connectivity index (χ2v) is 10.7. The molecule has 0 unspecified atom stereocenters. The van der Waals surface area contributed by atoms with E-state index in [1.165, 1.54) is 20.2 Å². The molecule has 0 saturated heterocycles. The SMILES string of the molecule is CCOC(=O)c1ccc2c(c1)c(-c1cc(S(=O)(=O)N(C)C)ccc1C)c(C)n2C/C(F)=C/CNCl. The molecular formula is C25H29ClFN3O4S. The van der Waals surface area contributed by atoms with Crippen molar-refractivity contribution in [2.24, 2.45) is 0 Å². The summed E-state index contributed by atoms with van der Waals surface area (Å²) in [4.78, 5) is 15.0. The number of carbonyl (C=O) groups excluding carboxylic acids is 1. The Morgan fingerprint density at radius 3 is 2.54 bits per heavy atom. The van der Waals surface area contributed by atoms with Crippen LogP contribution in [-0.4, -0.2) is 50.5 Å². The third-order valence-corrected chi connectivity index (χ3v) is 7.77. The van der Waals surface area contributed by atoms with E-state index in [2.05, 4.69) is 4.84 Å². The fourth-order valence-corrected chi connectivity index (χ4v) is 4.98.